The Morgan fingerprint density at radius 2 is 2.53 bits per heavy atom. The molecule has 3 nitrogen and oxygen atoms in total. The van der Waals surface area contributed by atoms with Crippen LogP contribution < -0.4 is 0 Å². The van der Waals surface area contributed by atoms with E-state index in [9.17, 15) is 5.11 Å². The number of aromatic nitrogens is 1. The van der Waals surface area contributed by atoms with Crippen molar-refractivity contribution in [2.75, 3.05) is 13.2 Å². The number of likely N-dealkylation sites (tertiary alicyclic amines) is 1. The lowest BCUT2D eigenvalue weighted by molar-refractivity contribution is 0.152. The molecule has 2 rings (SSSR count). The fourth-order valence-corrected chi connectivity index (χ4v) is 2.84. The highest BCUT2D eigenvalue weighted by Crippen LogP contribution is 2.20. The van der Waals surface area contributed by atoms with E-state index in [1.165, 1.54) is 11.4 Å². The summed E-state index contributed by atoms with van der Waals surface area (Å²) in [5.74, 6) is 0. The Labute approximate surface area is 94.8 Å². The molecule has 1 N–H and O–H groups in total. The topological polar surface area (TPSA) is 36.4 Å². The third-order valence-corrected chi connectivity index (χ3v) is 4.02. The Morgan fingerprint density at radius 3 is 3.20 bits per heavy atom. The van der Waals surface area contributed by atoms with Crippen LogP contribution in [0.15, 0.2) is 5.38 Å². The van der Waals surface area contributed by atoms with Crippen LogP contribution >= 0.6 is 11.3 Å². The van der Waals surface area contributed by atoms with Crippen molar-refractivity contribution >= 4 is 11.3 Å². The second-order valence-electron chi connectivity index (χ2n) is 4.04. The summed E-state index contributed by atoms with van der Waals surface area (Å²) in [4.78, 5) is 6.90. The molecule has 0 bridgehead atoms. The molecule has 0 spiro atoms. The zero-order valence-electron chi connectivity index (χ0n) is 9.15. The minimum absolute atomic E-state index is 0.283. The van der Waals surface area contributed by atoms with Crippen LogP contribution in [0.25, 0.3) is 0 Å². The lowest BCUT2D eigenvalue weighted by Gasteiger charge is -2.21. The molecule has 1 aliphatic rings. The van der Waals surface area contributed by atoms with Gasteiger partial charge in [0, 0.05) is 18.0 Å². The number of aliphatic hydroxyl groups excluding tert-OH is 1. The SMILES string of the molecule is CCc1nc(CN2CCC[C@@H]2CO)cs1. The molecule has 1 atom stereocenters. The molecule has 1 fully saturated rings. The highest BCUT2D eigenvalue weighted by atomic mass is 32.1. The molecule has 1 saturated heterocycles. The van der Waals surface area contributed by atoms with Crippen LogP contribution in [0.2, 0.25) is 0 Å². The first-order chi connectivity index (χ1) is 7.33. The smallest absolute Gasteiger partial charge is 0.0926 e. The quantitative estimate of drug-likeness (QED) is 0.848. The number of nitrogens with zero attached hydrogens (tertiary/aromatic N) is 2. The highest BCUT2D eigenvalue weighted by Gasteiger charge is 2.24. The fourth-order valence-electron chi connectivity index (χ4n) is 2.10. The van der Waals surface area contributed by atoms with Crippen molar-refractivity contribution in [2.45, 2.75) is 38.8 Å². The average molecular weight is 226 g/mol. The highest BCUT2D eigenvalue weighted by molar-refractivity contribution is 7.09. The van der Waals surface area contributed by atoms with E-state index in [4.69, 9.17) is 0 Å². The van der Waals surface area contributed by atoms with Gasteiger partial charge in [-0.15, -0.1) is 11.3 Å². The molecule has 1 aromatic rings. The van der Waals surface area contributed by atoms with E-state index in [0.29, 0.717) is 6.04 Å². The maximum absolute atomic E-state index is 9.21. The second-order valence-corrected chi connectivity index (χ2v) is 4.98. The molecule has 2 heterocycles. The molecule has 0 unspecified atom stereocenters. The van der Waals surface area contributed by atoms with Crippen LogP contribution in [0, 0.1) is 0 Å². The van der Waals surface area contributed by atoms with Crippen molar-refractivity contribution in [1.29, 1.82) is 0 Å². The third kappa shape index (κ3) is 2.56. The molecule has 0 amide bonds. The van der Waals surface area contributed by atoms with E-state index in [1.54, 1.807) is 11.3 Å². The van der Waals surface area contributed by atoms with Crippen LogP contribution in [-0.2, 0) is 13.0 Å². The van der Waals surface area contributed by atoms with E-state index >= 15 is 0 Å². The first kappa shape index (κ1) is 11.0. The van der Waals surface area contributed by atoms with Gasteiger partial charge in [0.2, 0.25) is 0 Å². The Hall–Kier alpha value is -0.450. The van der Waals surface area contributed by atoms with Gasteiger partial charge >= 0.3 is 0 Å². The van der Waals surface area contributed by atoms with Crippen molar-refractivity contribution in [2.24, 2.45) is 0 Å². The van der Waals surface area contributed by atoms with Gasteiger partial charge in [-0.2, -0.15) is 0 Å². The summed E-state index contributed by atoms with van der Waals surface area (Å²) >= 11 is 1.74. The molecule has 0 aromatic carbocycles. The summed E-state index contributed by atoms with van der Waals surface area (Å²) in [6.45, 7) is 4.42. The van der Waals surface area contributed by atoms with Gasteiger partial charge in [-0.05, 0) is 25.8 Å². The zero-order valence-corrected chi connectivity index (χ0v) is 9.96. The van der Waals surface area contributed by atoms with E-state index < -0.39 is 0 Å². The van der Waals surface area contributed by atoms with Crippen LogP contribution in [0.1, 0.15) is 30.5 Å². The predicted molar refractivity (Wildman–Crippen MR) is 62.0 cm³/mol. The Balaban J connectivity index is 1.95. The molecule has 0 radical (unpaired) electrons. The Bertz CT molecular complexity index is 313. The normalized spacial score (nSPS) is 22.4. The molecule has 1 aliphatic heterocycles. The molecular formula is C11H18N2OS. The van der Waals surface area contributed by atoms with Crippen LogP contribution in [0.5, 0.6) is 0 Å². The minimum atomic E-state index is 0.283. The van der Waals surface area contributed by atoms with Crippen molar-refractivity contribution in [3.05, 3.63) is 16.1 Å². The monoisotopic (exact) mass is 226 g/mol. The zero-order chi connectivity index (χ0) is 10.7. The van der Waals surface area contributed by atoms with Crippen LogP contribution in [0.4, 0.5) is 0 Å². The van der Waals surface area contributed by atoms with Gasteiger partial charge in [0.1, 0.15) is 0 Å². The van der Waals surface area contributed by atoms with Gasteiger partial charge < -0.3 is 5.11 Å². The maximum atomic E-state index is 9.21. The third-order valence-electron chi connectivity index (χ3n) is 2.98. The number of hydrogen-bond acceptors (Lipinski definition) is 4. The van der Waals surface area contributed by atoms with Crippen molar-refractivity contribution in [3.8, 4) is 0 Å². The largest absolute Gasteiger partial charge is 0.395 e. The first-order valence-electron chi connectivity index (χ1n) is 5.61. The van der Waals surface area contributed by atoms with Gasteiger partial charge in [0.05, 0.1) is 17.3 Å². The Morgan fingerprint density at radius 1 is 1.67 bits per heavy atom. The molecule has 84 valence electrons. The fraction of sp³-hybridized carbons (Fsp3) is 0.727. The summed E-state index contributed by atoms with van der Waals surface area (Å²) in [7, 11) is 0. The van der Waals surface area contributed by atoms with Crippen molar-refractivity contribution in [1.82, 2.24) is 9.88 Å². The van der Waals surface area contributed by atoms with Gasteiger partial charge in [-0.25, -0.2) is 4.98 Å². The van der Waals surface area contributed by atoms with Gasteiger partial charge in [-0.1, -0.05) is 6.92 Å². The number of hydrogen-bond donors (Lipinski definition) is 1. The lowest BCUT2D eigenvalue weighted by atomic mass is 10.2. The summed E-state index contributed by atoms with van der Waals surface area (Å²) < 4.78 is 0. The van der Waals surface area contributed by atoms with Crippen molar-refractivity contribution < 1.29 is 5.11 Å². The van der Waals surface area contributed by atoms with Gasteiger partial charge in [0.15, 0.2) is 0 Å². The summed E-state index contributed by atoms with van der Waals surface area (Å²) in [5.41, 5.74) is 1.16. The van der Waals surface area contributed by atoms with E-state index in [1.807, 2.05) is 0 Å². The standard InChI is InChI=1S/C11H18N2OS/c1-2-11-12-9(8-15-11)6-13-5-3-4-10(13)7-14/h8,10,14H,2-7H2,1H3/t10-/m1/s1. The molecule has 0 aliphatic carbocycles. The van der Waals surface area contributed by atoms with E-state index in [0.717, 1.165) is 31.6 Å². The summed E-state index contributed by atoms with van der Waals surface area (Å²) in [5, 5.41) is 12.6. The molecular weight excluding hydrogens is 208 g/mol. The first-order valence-corrected chi connectivity index (χ1v) is 6.49. The van der Waals surface area contributed by atoms with Crippen molar-refractivity contribution in [3.63, 3.8) is 0 Å². The number of rotatable bonds is 4. The van der Waals surface area contributed by atoms with Gasteiger partial charge in [0.25, 0.3) is 0 Å². The summed E-state index contributed by atoms with van der Waals surface area (Å²) in [6, 6.07) is 0.358. The average Bonchev–Trinajstić information content (AvgIpc) is 2.87. The van der Waals surface area contributed by atoms with Crippen LogP contribution in [0.3, 0.4) is 0 Å². The number of thiazole rings is 1. The molecule has 1 aromatic heterocycles. The van der Waals surface area contributed by atoms with Crippen LogP contribution in [-0.4, -0.2) is 34.2 Å². The summed E-state index contributed by atoms with van der Waals surface area (Å²) in [6.07, 6.45) is 3.35. The molecule has 15 heavy (non-hydrogen) atoms. The predicted octanol–water partition coefficient (Wildman–Crippen LogP) is 1.66. The van der Waals surface area contributed by atoms with E-state index in [-0.39, 0.29) is 6.61 Å². The second kappa shape index (κ2) is 5.05. The Kier molecular flexibility index (Phi) is 3.72. The lowest BCUT2D eigenvalue weighted by Crippen LogP contribution is -2.31. The van der Waals surface area contributed by atoms with Gasteiger partial charge in [-0.3, -0.25) is 4.90 Å². The molecule has 0 saturated carbocycles. The van der Waals surface area contributed by atoms with E-state index in [2.05, 4.69) is 22.2 Å². The maximum Gasteiger partial charge on any atom is 0.0926 e. The number of aliphatic hydroxyl groups is 1. The minimum Gasteiger partial charge on any atom is -0.395 e. The number of aryl methyl sites for hydroxylation is 1. The molecule has 4 heteroatoms.